The Kier molecular flexibility index (Phi) is 8.33. The van der Waals surface area contributed by atoms with E-state index in [1.165, 1.54) is 4.68 Å². The summed E-state index contributed by atoms with van der Waals surface area (Å²) in [6, 6.07) is 5.12. The highest BCUT2D eigenvalue weighted by Crippen LogP contribution is 2.67. The number of carbonyl (C=O) groups excluding carboxylic acids is 1. The summed E-state index contributed by atoms with van der Waals surface area (Å²) < 4.78 is 19.7. The first-order valence-electron chi connectivity index (χ1n) is 17.8. The maximum atomic E-state index is 13.9. The maximum Gasteiger partial charge on any atom is 0.348 e. The second-order valence-electron chi connectivity index (χ2n) is 15.3. The number of esters is 1. The number of hydrogen-bond acceptors (Lipinski definition) is 13. The van der Waals surface area contributed by atoms with Gasteiger partial charge in [0.1, 0.15) is 28.7 Å². The van der Waals surface area contributed by atoms with Gasteiger partial charge in [0.2, 0.25) is 0 Å². The zero-order valence-corrected chi connectivity index (χ0v) is 29.2. The number of carbonyl (C=O) groups is 1. The number of hydrogen-bond donors (Lipinski definition) is 5. The van der Waals surface area contributed by atoms with Gasteiger partial charge in [-0.2, -0.15) is 10.1 Å². The molecule has 5 unspecified atom stereocenters. The van der Waals surface area contributed by atoms with Crippen LogP contribution in [0, 0.1) is 22.7 Å². The Balaban J connectivity index is 1.21. The Hall–Kier alpha value is -4.15. The molecule has 4 fully saturated rings. The van der Waals surface area contributed by atoms with E-state index < -0.39 is 34.8 Å². The van der Waals surface area contributed by atoms with Crippen LogP contribution in [-0.2, 0) is 26.1 Å². The average molecular weight is 703 g/mol. The van der Waals surface area contributed by atoms with Gasteiger partial charge in [0.25, 0.3) is 0 Å². The van der Waals surface area contributed by atoms with Crippen LogP contribution in [0.15, 0.2) is 46.6 Å². The van der Waals surface area contributed by atoms with Crippen LogP contribution in [0.5, 0.6) is 0 Å². The lowest BCUT2D eigenvalue weighted by atomic mass is 9.43. The molecule has 0 bridgehead atoms. The van der Waals surface area contributed by atoms with E-state index in [4.69, 9.17) is 19.9 Å². The normalized spacial score (nSPS) is 35.1. The number of allylic oxidation sites excluding steroid dienone is 1. The Morgan fingerprint density at radius 1 is 1.24 bits per heavy atom. The van der Waals surface area contributed by atoms with Crippen molar-refractivity contribution in [3.05, 3.63) is 58.0 Å². The number of nitrogens with one attached hydrogen (secondary N) is 2. The van der Waals surface area contributed by atoms with E-state index >= 15 is 0 Å². The number of nitrogens with two attached hydrogens (primary N) is 1. The third kappa shape index (κ3) is 5.57. The molecule has 3 aromatic heterocycles. The summed E-state index contributed by atoms with van der Waals surface area (Å²) in [6.45, 7) is 7.62. The van der Waals surface area contributed by atoms with Crippen molar-refractivity contribution < 1.29 is 29.2 Å². The van der Waals surface area contributed by atoms with Crippen LogP contribution in [0.1, 0.15) is 45.2 Å². The molecule has 272 valence electrons. The maximum absolute atomic E-state index is 13.9. The second-order valence-corrected chi connectivity index (χ2v) is 15.3. The number of pyridine rings is 1. The third-order valence-electron chi connectivity index (χ3n) is 12.6. The van der Waals surface area contributed by atoms with Crippen LogP contribution in [-0.4, -0.2) is 109 Å². The Morgan fingerprint density at radius 3 is 2.73 bits per heavy atom. The first-order chi connectivity index (χ1) is 24.5. The molecule has 3 aromatic rings. The molecule has 0 radical (unpaired) electrons. The number of fused-ring (bicyclic) bond motifs is 2. The molecule has 51 heavy (non-hydrogen) atoms. The number of cyclic esters (lactones) is 1. The fraction of sp³-hybridized carbons (Fsp3) is 0.583. The Labute approximate surface area is 294 Å². The van der Waals surface area contributed by atoms with Crippen molar-refractivity contribution in [1.82, 2.24) is 29.6 Å². The zero-order valence-electron chi connectivity index (χ0n) is 29.2. The molecule has 5 aliphatic rings. The first kappa shape index (κ1) is 34.0. The lowest BCUT2D eigenvalue weighted by molar-refractivity contribution is -0.197. The number of aliphatic hydroxyl groups excluding tert-OH is 2. The number of morpholine rings is 1. The molecule has 15 nitrogen and oxygen atoms in total. The van der Waals surface area contributed by atoms with Gasteiger partial charge in [-0.15, -0.1) is 0 Å². The number of anilines is 2. The Morgan fingerprint density at radius 2 is 2.02 bits per heavy atom. The van der Waals surface area contributed by atoms with Crippen LogP contribution >= 0.6 is 0 Å². The molecule has 6 N–H and O–H groups in total. The number of nitrogens with zero attached hydrogens (tertiary/aromatic N) is 5. The smallest absolute Gasteiger partial charge is 0.348 e. The predicted octanol–water partition coefficient (Wildman–Crippen LogP) is 1.59. The first-order valence-corrected chi connectivity index (χ1v) is 17.8. The molecular weight excluding hydrogens is 656 g/mol. The van der Waals surface area contributed by atoms with E-state index in [2.05, 4.69) is 37.2 Å². The van der Waals surface area contributed by atoms with Crippen molar-refractivity contribution in [3.8, 4) is 0 Å². The van der Waals surface area contributed by atoms with E-state index in [0.29, 0.717) is 60.8 Å². The Bertz CT molecular complexity index is 1950. The molecule has 15 heteroatoms. The SMILES string of the molecule is Cn1nc(/C=C2\C=C(C(CC3C4(CO4)C(N4CCOCC4)CC4[C@]3(C)CC[C@@H](O)[C@@]4(C)CO)Nc3ccccn3)C(=O)O2)c2c(N)[nH]c(=O)nc21. The van der Waals surface area contributed by atoms with Crippen molar-refractivity contribution in [2.75, 3.05) is 50.6 Å². The van der Waals surface area contributed by atoms with Crippen LogP contribution < -0.4 is 16.7 Å². The minimum Gasteiger partial charge on any atom is -0.423 e. The summed E-state index contributed by atoms with van der Waals surface area (Å²) in [5, 5.41) is 30.8. The molecule has 3 aliphatic heterocycles. The lowest BCUT2D eigenvalue weighted by Crippen LogP contribution is -2.68. The van der Waals surface area contributed by atoms with Crippen LogP contribution in [0.2, 0.25) is 0 Å². The summed E-state index contributed by atoms with van der Waals surface area (Å²) in [7, 11) is 1.66. The second kappa shape index (κ2) is 12.5. The molecule has 0 amide bonds. The molecular formula is C36H46N8O7. The quantitative estimate of drug-likeness (QED) is 0.167. The third-order valence-corrected chi connectivity index (χ3v) is 12.6. The monoisotopic (exact) mass is 702 g/mol. The van der Waals surface area contributed by atoms with Crippen molar-refractivity contribution >= 4 is 34.7 Å². The van der Waals surface area contributed by atoms with Crippen LogP contribution in [0.4, 0.5) is 11.6 Å². The summed E-state index contributed by atoms with van der Waals surface area (Å²) in [5.41, 5.74) is 5.22. The summed E-state index contributed by atoms with van der Waals surface area (Å²) >= 11 is 0. The largest absolute Gasteiger partial charge is 0.423 e. The van der Waals surface area contributed by atoms with E-state index in [9.17, 15) is 19.8 Å². The van der Waals surface area contributed by atoms with Crippen molar-refractivity contribution in [1.29, 1.82) is 0 Å². The average Bonchev–Trinajstić information content (AvgIpc) is 3.72. The van der Waals surface area contributed by atoms with E-state index in [-0.39, 0.29) is 41.5 Å². The summed E-state index contributed by atoms with van der Waals surface area (Å²) in [5.74, 6) is 0.440. The van der Waals surface area contributed by atoms with E-state index in [1.54, 1.807) is 25.4 Å². The van der Waals surface area contributed by atoms with Gasteiger partial charge >= 0.3 is 11.7 Å². The van der Waals surface area contributed by atoms with Gasteiger partial charge in [-0.1, -0.05) is 19.9 Å². The van der Waals surface area contributed by atoms with Gasteiger partial charge in [-0.05, 0) is 61.1 Å². The van der Waals surface area contributed by atoms with Gasteiger partial charge in [0.05, 0.1) is 49.5 Å². The minimum atomic E-state index is -0.704. The molecule has 0 aromatic carbocycles. The number of rotatable bonds is 8. The van der Waals surface area contributed by atoms with Crippen molar-refractivity contribution in [2.24, 2.45) is 29.7 Å². The van der Waals surface area contributed by atoms with Gasteiger partial charge in [0.15, 0.2) is 5.65 Å². The molecule has 8 rings (SSSR count). The standard InChI is InChI=1S/C36H46N8O7/c1-34-8-7-27(46)35(2,18-45)24(34)17-26(44-10-12-49-13-11-44)36(19-50-36)25(34)16-22(39-28-6-4-5-9-38-28)21-14-20(51-32(21)47)15-23-29-30(37)40-33(48)41-31(29)43(3)42-23/h4-6,9,14-15,22,24-27,45-46H,7-8,10-13,16-19H2,1-3H3,(H,38,39)(H3,37,40,41,48)/b20-15+/t22?,24?,25?,26?,27-,34+,35+,36?/m1/s1. The van der Waals surface area contributed by atoms with Gasteiger partial charge in [-0.3, -0.25) is 9.88 Å². The summed E-state index contributed by atoms with van der Waals surface area (Å²) in [4.78, 5) is 39.4. The van der Waals surface area contributed by atoms with Gasteiger partial charge in [0, 0.05) is 43.9 Å². The van der Waals surface area contributed by atoms with Gasteiger partial charge < -0.3 is 35.5 Å². The van der Waals surface area contributed by atoms with E-state index in [0.717, 1.165) is 25.9 Å². The zero-order chi connectivity index (χ0) is 35.7. The molecule has 8 atom stereocenters. The fourth-order valence-corrected chi connectivity index (χ4v) is 9.92. The fourth-order valence-electron chi connectivity index (χ4n) is 9.92. The molecule has 2 saturated carbocycles. The number of aryl methyl sites for hydroxylation is 1. The molecule has 6 heterocycles. The molecule has 2 saturated heterocycles. The van der Waals surface area contributed by atoms with E-state index in [1.807, 2.05) is 25.1 Å². The van der Waals surface area contributed by atoms with Crippen molar-refractivity contribution in [2.45, 2.75) is 63.3 Å². The van der Waals surface area contributed by atoms with Gasteiger partial charge in [-0.25, -0.2) is 19.3 Å². The van der Waals surface area contributed by atoms with Crippen LogP contribution in [0.25, 0.3) is 17.1 Å². The minimum absolute atomic E-state index is 0.00942. The van der Waals surface area contributed by atoms with Crippen LogP contribution in [0.3, 0.4) is 0 Å². The predicted molar refractivity (Wildman–Crippen MR) is 187 cm³/mol. The molecule has 1 spiro atoms. The number of nitrogen functional groups attached to an aromatic ring is 1. The number of epoxide rings is 1. The summed E-state index contributed by atoms with van der Waals surface area (Å²) in [6.07, 6.45) is 7.05. The topological polar surface area (TPSA) is 206 Å². The molecule has 2 aliphatic carbocycles. The highest BCUT2D eigenvalue weighted by Gasteiger charge is 2.71. The lowest BCUT2D eigenvalue weighted by Gasteiger charge is -2.64. The highest BCUT2D eigenvalue weighted by atomic mass is 16.6. The number of aliphatic hydroxyl groups is 2. The van der Waals surface area contributed by atoms with Crippen molar-refractivity contribution in [3.63, 3.8) is 0 Å². The number of ether oxygens (including phenoxy) is 3. The number of H-pyrrole nitrogens is 1. The highest BCUT2D eigenvalue weighted by molar-refractivity contribution is 5.97. The number of aromatic amines is 1. The number of aromatic nitrogens is 5.